The van der Waals surface area contributed by atoms with E-state index in [1.54, 1.807) is 30.3 Å². The van der Waals surface area contributed by atoms with Gasteiger partial charge in [-0.05, 0) is 49.6 Å². The van der Waals surface area contributed by atoms with E-state index in [1.807, 2.05) is 6.92 Å². The first kappa shape index (κ1) is 18.6. The molecular formula is C20H20N2O5. The molecule has 0 saturated carbocycles. The van der Waals surface area contributed by atoms with Crippen LogP contribution in [0, 0.1) is 6.92 Å². The number of rotatable bonds is 5. The average molecular weight is 368 g/mol. The molecule has 1 aliphatic heterocycles. The summed E-state index contributed by atoms with van der Waals surface area (Å²) in [5.74, 6) is -1.82. The van der Waals surface area contributed by atoms with Crippen molar-refractivity contribution in [3.63, 3.8) is 0 Å². The van der Waals surface area contributed by atoms with E-state index in [2.05, 4.69) is 10.6 Å². The van der Waals surface area contributed by atoms with Crippen LogP contribution in [0.1, 0.15) is 39.1 Å². The summed E-state index contributed by atoms with van der Waals surface area (Å²) in [5.41, 5.74) is 1.85. The van der Waals surface area contributed by atoms with Crippen molar-refractivity contribution in [1.29, 1.82) is 0 Å². The maximum atomic E-state index is 12.6. The zero-order valence-electron chi connectivity index (χ0n) is 14.8. The maximum absolute atomic E-state index is 12.6. The van der Waals surface area contributed by atoms with Crippen LogP contribution < -0.4 is 10.6 Å². The quantitative estimate of drug-likeness (QED) is 0.752. The van der Waals surface area contributed by atoms with Crippen LogP contribution >= 0.6 is 0 Å². The van der Waals surface area contributed by atoms with Gasteiger partial charge in [0, 0.05) is 17.9 Å². The van der Waals surface area contributed by atoms with Gasteiger partial charge in [0.05, 0.1) is 11.3 Å². The molecule has 7 nitrogen and oxygen atoms in total. The molecule has 1 aliphatic rings. The van der Waals surface area contributed by atoms with Gasteiger partial charge >= 0.3 is 5.97 Å². The molecule has 1 heterocycles. The summed E-state index contributed by atoms with van der Waals surface area (Å²) in [6.45, 7) is 2.40. The number of anilines is 2. The summed E-state index contributed by atoms with van der Waals surface area (Å²) in [7, 11) is 0. The van der Waals surface area contributed by atoms with Crippen LogP contribution in [0.2, 0.25) is 0 Å². The predicted molar refractivity (Wildman–Crippen MR) is 100 cm³/mol. The molecule has 0 bridgehead atoms. The topological polar surface area (TPSA) is 105 Å². The Morgan fingerprint density at radius 1 is 1.07 bits per heavy atom. The van der Waals surface area contributed by atoms with Gasteiger partial charge in [-0.3, -0.25) is 9.59 Å². The van der Waals surface area contributed by atoms with E-state index in [9.17, 15) is 19.5 Å². The van der Waals surface area contributed by atoms with Gasteiger partial charge in [0.15, 0.2) is 0 Å². The number of carbonyl (C=O) groups is 3. The van der Waals surface area contributed by atoms with Gasteiger partial charge in [-0.25, -0.2) is 4.79 Å². The second kappa shape index (κ2) is 8.01. The number of ether oxygens (including phenoxy) is 1. The van der Waals surface area contributed by atoms with Crippen molar-refractivity contribution < 1.29 is 24.2 Å². The number of hydrogen-bond acceptors (Lipinski definition) is 4. The van der Waals surface area contributed by atoms with Crippen LogP contribution in [0.5, 0.6) is 0 Å². The minimum Gasteiger partial charge on any atom is -0.478 e. The number of aryl methyl sites for hydroxylation is 1. The molecule has 2 aromatic rings. The fourth-order valence-corrected chi connectivity index (χ4v) is 2.87. The third-order valence-corrected chi connectivity index (χ3v) is 4.39. The molecule has 0 spiro atoms. The smallest absolute Gasteiger partial charge is 0.337 e. The molecule has 2 amide bonds. The van der Waals surface area contributed by atoms with Gasteiger partial charge in [0.2, 0.25) is 0 Å². The van der Waals surface area contributed by atoms with Crippen molar-refractivity contribution in [2.75, 3.05) is 17.2 Å². The summed E-state index contributed by atoms with van der Waals surface area (Å²) in [5, 5.41) is 14.6. The van der Waals surface area contributed by atoms with E-state index in [4.69, 9.17) is 4.74 Å². The molecule has 0 unspecified atom stereocenters. The lowest BCUT2D eigenvalue weighted by atomic mass is 10.1. The molecule has 140 valence electrons. The van der Waals surface area contributed by atoms with Crippen molar-refractivity contribution in [2.24, 2.45) is 0 Å². The SMILES string of the molecule is Cc1ccc(C(=O)Nc2ccccc2C(=O)O)cc1NC(=O)[C@H]1CCCO1. The Hall–Kier alpha value is -3.19. The van der Waals surface area contributed by atoms with Crippen LogP contribution in [0.25, 0.3) is 0 Å². The highest BCUT2D eigenvalue weighted by molar-refractivity contribution is 6.08. The molecule has 1 atom stereocenters. The van der Waals surface area contributed by atoms with E-state index in [0.29, 0.717) is 24.3 Å². The summed E-state index contributed by atoms with van der Waals surface area (Å²) in [6, 6.07) is 11.1. The molecule has 0 aromatic heterocycles. The molecule has 1 fully saturated rings. The van der Waals surface area contributed by atoms with Gasteiger partial charge in [-0.2, -0.15) is 0 Å². The molecule has 7 heteroatoms. The minimum atomic E-state index is -1.13. The van der Waals surface area contributed by atoms with Gasteiger partial charge < -0.3 is 20.5 Å². The summed E-state index contributed by atoms with van der Waals surface area (Å²) >= 11 is 0. The Bertz CT molecular complexity index is 888. The van der Waals surface area contributed by atoms with Crippen molar-refractivity contribution >= 4 is 29.2 Å². The highest BCUT2D eigenvalue weighted by Crippen LogP contribution is 2.21. The fourth-order valence-electron chi connectivity index (χ4n) is 2.87. The van der Waals surface area contributed by atoms with Crippen LogP contribution in [0.15, 0.2) is 42.5 Å². The number of nitrogens with one attached hydrogen (secondary N) is 2. The third kappa shape index (κ3) is 4.32. The highest BCUT2D eigenvalue weighted by atomic mass is 16.5. The molecule has 0 aliphatic carbocycles. The van der Waals surface area contributed by atoms with Crippen LogP contribution in [-0.4, -0.2) is 35.6 Å². The normalized spacial score (nSPS) is 16.0. The van der Waals surface area contributed by atoms with Crippen molar-refractivity contribution in [3.8, 4) is 0 Å². The number of aromatic carboxylic acids is 1. The number of para-hydroxylation sites is 1. The average Bonchev–Trinajstić information content (AvgIpc) is 3.18. The number of benzene rings is 2. The van der Waals surface area contributed by atoms with E-state index in [0.717, 1.165) is 12.0 Å². The zero-order valence-corrected chi connectivity index (χ0v) is 14.8. The van der Waals surface area contributed by atoms with Gasteiger partial charge in [-0.1, -0.05) is 18.2 Å². The lowest BCUT2D eigenvalue weighted by Gasteiger charge is -2.14. The Morgan fingerprint density at radius 2 is 1.85 bits per heavy atom. The van der Waals surface area contributed by atoms with Crippen LogP contribution in [-0.2, 0) is 9.53 Å². The van der Waals surface area contributed by atoms with Crippen LogP contribution in [0.4, 0.5) is 11.4 Å². The van der Waals surface area contributed by atoms with E-state index in [1.165, 1.54) is 12.1 Å². The van der Waals surface area contributed by atoms with Crippen molar-refractivity contribution in [3.05, 3.63) is 59.2 Å². The minimum absolute atomic E-state index is 0.00451. The van der Waals surface area contributed by atoms with Gasteiger partial charge in [-0.15, -0.1) is 0 Å². The molecule has 3 N–H and O–H groups in total. The number of carboxylic acids is 1. The standard InChI is InChI=1S/C20H20N2O5/c1-12-8-9-13(11-16(12)22-19(24)17-7-4-10-27-17)18(23)21-15-6-3-2-5-14(15)20(25)26/h2-3,5-6,8-9,11,17H,4,7,10H2,1H3,(H,21,23)(H,22,24)(H,25,26)/t17-/m1/s1. The fraction of sp³-hybridized carbons (Fsp3) is 0.250. The first-order valence-corrected chi connectivity index (χ1v) is 8.62. The second-order valence-electron chi connectivity index (χ2n) is 6.33. The summed E-state index contributed by atoms with van der Waals surface area (Å²) < 4.78 is 5.37. The zero-order chi connectivity index (χ0) is 19.4. The first-order chi connectivity index (χ1) is 13.0. The molecule has 3 rings (SSSR count). The Balaban J connectivity index is 1.78. The highest BCUT2D eigenvalue weighted by Gasteiger charge is 2.24. The largest absolute Gasteiger partial charge is 0.478 e. The second-order valence-corrected chi connectivity index (χ2v) is 6.33. The van der Waals surface area contributed by atoms with Crippen molar-refractivity contribution in [2.45, 2.75) is 25.9 Å². The monoisotopic (exact) mass is 368 g/mol. The van der Waals surface area contributed by atoms with E-state index >= 15 is 0 Å². The molecule has 1 saturated heterocycles. The Labute approximate surface area is 156 Å². The lowest BCUT2D eigenvalue weighted by Crippen LogP contribution is -2.27. The Morgan fingerprint density at radius 3 is 2.56 bits per heavy atom. The summed E-state index contributed by atoms with van der Waals surface area (Å²) in [6.07, 6.45) is 1.06. The maximum Gasteiger partial charge on any atom is 0.337 e. The van der Waals surface area contributed by atoms with Crippen LogP contribution in [0.3, 0.4) is 0 Å². The molecule has 27 heavy (non-hydrogen) atoms. The number of amides is 2. The molecular weight excluding hydrogens is 348 g/mol. The first-order valence-electron chi connectivity index (χ1n) is 8.62. The number of carbonyl (C=O) groups excluding carboxylic acids is 2. The Kier molecular flexibility index (Phi) is 5.52. The molecule has 2 aromatic carbocycles. The van der Waals surface area contributed by atoms with Crippen molar-refractivity contribution in [1.82, 2.24) is 0 Å². The lowest BCUT2D eigenvalue weighted by molar-refractivity contribution is -0.124. The van der Waals surface area contributed by atoms with E-state index < -0.39 is 18.0 Å². The predicted octanol–water partition coefficient (Wildman–Crippen LogP) is 3.06. The van der Waals surface area contributed by atoms with Gasteiger partial charge in [0.25, 0.3) is 11.8 Å². The summed E-state index contributed by atoms with van der Waals surface area (Å²) in [4.78, 5) is 36.1. The molecule has 0 radical (unpaired) electrons. The number of carboxylic acid groups (broad SMARTS) is 1. The third-order valence-electron chi connectivity index (χ3n) is 4.39. The van der Waals surface area contributed by atoms with E-state index in [-0.39, 0.29) is 17.2 Å². The number of hydrogen-bond donors (Lipinski definition) is 3. The van der Waals surface area contributed by atoms with Gasteiger partial charge in [0.1, 0.15) is 6.10 Å².